The molecule has 0 amide bonds. The number of hydrogen-bond donors (Lipinski definition) is 2. The number of esters is 1. The predicted octanol–water partition coefficient (Wildman–Crippen LogP) is 4.41. The topological polar surface area (TPSA) is 103 Å². The number of carbonyl (C=O) groups excluding carboxylic acids is 1. The van der Waals surface area contributed by atoms with E-state index in [-0.39, 0.29) is 22.6 Å². The van der Waals surface area contributed by atoms with Gasteiger partial charge in [-0.25, -0.2) is 9.18 Å². The van der Waals surface area contributed by atoms with Gasteiger partial charge in [-0.1, -0.05) is 19.9 Å². The van der Waals surface area contributed by atoms with Crippen LogP contribution in [-0.4, -0.2) is 43.7 Å². The third-order valence-electron chi connectivity index (χ3n) is 6.82. The van der Waals surface area contributed by atoms with Crippen molar-refractivity contribution in [2.75, 3.05) is 31.7 Å². The minimum atomic E-state index is -3.96. The van der Waals surface area contributed by atoms with Crippen LogP contribution < -0.4 is 9.46 Å². The molecular formula is C25H29FNO7S+. The Labute approximate surface area is 204 Å². The lowest BCUT2D eigenvalue weighted by Gasteiger charge is -2.30. The van der Waals surface area contributed by atoms with Crippen LogP contribution in [0, 0.1) is 17.2 Å². The van der Waals surface area contributed by atoms with E-state index in [4.69, 9.17) is 18.9 Å². The number of hydrogen-bond acceptors (Lipinski definition) is 6. The van der Waals surface area contributed by atoms with Crippen molar-refractivity contribution < 1.29 is 36.9 Å². The monoisotopic (exact) mass is 506 g/mol. The molecule has 2 fully saturated rings. The second-order valence-electron chi connectivity index (χ2n) is 9.93. The first-order valence-electron chi connectivity index (χ1n) is 11.5. The molecule has 0 bridgehead atoms. The zero-order valence-electron chi connectivity index (χ0n) is 19.8. The molecule has 1 saturated carbocycles. The molecule has 2 unspecified atom stereocenters. The number of carbonyl (C=O) groups is 1. The molecule has 2 heterocycles. The van der Waals surface area contributed by atoms with Gasteiger partial charge in [-0.2, -0.15) is 9.27 Å². The van der Waals surface area contributed by atoms with Gasteiger partial charge in [-0.15, -0.1) is 0 Å². The van der Waals surface area contributed by atoms with Gasteiger partial charge >= 0.3 is 16.4 Å². The molecule has 10 heteroatoms. The summed E-state index contributed by atoms with van der Waals surface area (Å²) in [5.41, 5.74) is 0.834. The Kier molecular flexibility index (Phi) is 6.11. The second-order valence-corrected chi connectivity index (χ2v) is 11.6. The summed E-state index contributed by atoms with van der Waals surface area (Å²) < 4.78 is 63.8. The van der Waals surface area contributed by atoms with Crippen molar-refractivity contribution in [2.24, 2.45) is 11.3 Å². The summed E-state index contributed by atoms with van der Waals surface area (Å²) in [5.74, 6) is -0.0617. The highest BCUT2D eigenvalue weighted by atomic mass is 32.3. The van der Waals surface area contributed by atoms with Gasteiger partial charge in [0.1, 0.15) is 22.8 Å². The largest absolute Gasteiger partial charge is 0.492 e. The molecule has 5 rings (SSSR count). The van der Waals surface area contributed by atoms with Gasteiger partial charge in [0, 0.05) is 23.0 Å². The van der Waals surface area contributed by atoms with E-state index in [9.17, 15) is 17.9 Å². The quantitative estimate of drug-likeness (QED) is 0.424. The Hall–Kier alpha value is -2.53. The van der Waals surface area contributed by atoms with Crippen LogP contribution in [0.2, 0.25) is 0 Å². The van der Waals surface area contributed by atoms with Gasteiger partial charge in [0.2, 0.25) is 4.90 Å². The normalized spacial score (nSPS) is 23.0. The smallest absolute Gasteiger partial charge is 0.346 e. The van der Waals surface area contributed by atoms with Gasteiger partial charge < -0.3 is 18.9 Å². The number of rotatable bonds is 7. The fraction of sp³-hybridized carbons (Fsp3) is 0.480. The summed E-state index contributed by atoms with van der Waals surface area (Å²) in [5, 5.41) is 0. The number of benzene rings is 2. The Morgan fingerprint density at radius 3 is 2.71 bits per heavy atom. The Balaban J connectivity index is 1.50. The lowest BCUT2D eigenvalue weighted by Crippen LogP contribution is -2.33. The van der Waals surface area contributed by atoms with Crippen LogP contribution in [0.3, 0.4) is 0 Å². The Bertz CT molecular complexity index is 1210. The number of fused-ring (bicyclic) bond motifs is 3. The predicted molar refractivity (Wildman–Crippen MR) is 126 cm³/mol. The Morgan fingerprint density at radius 2 is 2.00 bits per heavy atom. The zero-order valence-corrected chi connectivity index (χ0v) is 20.7. The highest BCUT2D eigenvalue weighted by molar-refractivity contribution is 7.99. The van der Waals surface area contributed by atoms with E-state index in [0.717, 1.165) is 18.1 Å². The van der Waals surface area contributed by atoms with E-state index in [1.54, 1.807) is 6.07 Å². The van der Waals surface area contributed by atoms with E-state index in [1.807, 2.05) is 19.9 Å². The van der Waals surface area contributed by atoms with Crippen molar-refractivity contribution >= 4 is 22.1 Å². The molecule has 2 aromatic rings. The van der Waals surface area contributed by atoms with Gasteiger partial charge in [0.25, 0.3) is 0 Å². The number of anilines is 1. The molecule has 3 atom stereocenters. The summed E-state index contributed by atoms with van der Waals surface area (Å²) in [4.78, 5) is 12.7. The second kappa shape index (κ2) is 8.85. The molecular weight excluding hydrogens is 477 g/mol. The van der Waals surface area contributed by atoms with Crippen molar-refractivity contribution in [3.8, 4) is 5.75 Å². The SMILES string of the molecule is COC(=O)c1c(N[S+](=O)(O)c2ccc(F)cc2CC(C)(C)C2OCCO2)ccc2c1OC[C@@H]1CC21. The average Bonchev–Trinajstić information content (AvgIpc) is 3.38. The summed E-state index contributed by atoms with van der Waals surface area (Å²) in [7, 11) is -2.71. The molecule has 2 aliphatic heterocycles. The Morgan fingerprint density at radius 1 is 1.26 bits per heavy atom. The van der Waals surface area contributed by atoms with Crippen LogP contribution in [-0.2, 0) is 35.2 Å². The number of nitrogens with one attached hydrogen (secondary N) is 1. The molecule has 0 spiro atoms. The van der Waals surface area contributed by atoms with Gasteiger partial charge in [-0.05, 0) is 46.7 Å². The van der Waals surface area contributed by atoms with E-state index in [1.165, 1.54) is 19.2 Å². The molecule has 2 aromatic carbocycles. The summed E-state index contributed by atoms with van der Waals surface area (Å²) >= 11 is 0. The molecule has 1 aliphatic carbocycles. The van der Waals surface area contributed by atoms with Crippen molar-refractivity contribution in [1.29, 1.82) is 0 Å². The van der Waals surface area contributed by atoms with Gasteiger partial charge in [0.05, 0.1) is 26.9 Å². The number of methoxy groups -OCH3 is 1. The maximum Gasteiger partial charge on any atom is 0.346 e. The van der Waals surface area contributed by atoms with Crippen LogP contribution in [0.1, 0.15) is 47.7 Å². The highest BCUT2D eigenvalue weighted by Gasteiger charge is 2.46. The van der Waals surface area contributed by atoms with E-state index < -0.39 is 33.9 Å². The van der Waals surface area contributed by atoms with E-state index >= 15 is 0 Å². The fourth-order valence-corrected chi connectivity index (χ4v) is 6.30. The molecule has 1 saturated heterocycles. The third kappa shape index (κ3) is 4.55. The molecule has 0 aromatic heterocycles. The molecule has 0 radical (unpaired) electrons. The standard InChI is InChI=1S/C25H28FNO7S/c1-25(2,24-32-8-9-33-24)12-14-10-16(26)4-7-20(14)35(29,30)27-19-6-5-17-18-11-15(18)13-34-22(17)21(19)23(28)31-3/h4-7,10,15,18,24H,8-9,11-13H2,1-3H3,(H-,27,28,29,30)/p+1/t15-,18?/m0/s1. The number of ether oxygens (including phenoxy) is 4. The maximum absolute atomic E-state index is 14.2. The molecule has 3 aliphatic rings. The minimum absolute atomic E-state index is 0.0154. The third-order valence-corrected chi connectivity index (χ3v) is 8.31. The lowest BCUT2D eigenvalue weighted by molar-refractivity contribution is -0.119. The molecule has 35 heavy (non-hydrogen) atoms. The van der Waals surface area contributed by atoms with Gasteiger partial charge in [0.15, 0.2) is 6.29 Å². The maximum atomic E-state index is 14.2. The van der Waals surface area contributed by atoms with Crippen molar-refractivity contribution in [3.05, 3.63) is 52.8 Å². The number of halogens is 1. The first-order chi connectivity index (χ1) is 16.6. The van der Waals surface area contributed by atoms with E-state index in [0.29, 0.717) is 43.0 Å². The summed E-state index contributed by atoms with van der Waals surface area (Å²) in [6.07, 6.45) is 0.695. The van der Waals surface area contributed by atoms with Crippen LogP contribution in [0.4, 0.5) is 10.1 Å². The van der Waals surface area contributed by atoms with Crippen LogP contribution in [0.15, 0.2) is 35.2 Å². The molecule has 188 valence electrons. The van der Waals surface area contributed by atoms with Crippen molar-refractivity contribution in [3.63, 3.8) is 0 Å². The van der Waals surface area contributed by atoms with Crippen molar-refractivity contribution in [1.82, 2.24) is 0 Å². The average molecular weight is 507 g/mol. The van der Waals surface area contributed by atoms with Crippen LogP contribution in [0.5, 0.6) is 5.75 Å². The zero-order chi connectivity index (χ0) is 25.0. The lowest BCUT2D eigenvalue weighted by atomic mass is 9.85. The molecule has 8 nitrogen and oxygen atoms in total. The first kappa shape index (κ1) is 24.2. The molecule has 2 N–H and O–H groups in total. The summed E-state index contributed by atoms with van der Waals surface area (Å²) in [6.45, 7) is 5.20. The van der Waals surface area contributed by atoms with E-state index in [2.05, 4.69) is 4.72 Å². The van der Waals surface area contributed by atoms with Crippen LogP contribution in [0.25, 0.3) is 0 Å². The first-order valence-corrected chi connectivity index (χ1v) is 13.1. The fourth-order valence-electron chi connectivity index (χ4n) is 4.98. The van der Waals surface area contributed by atoms with Crippen LogP contribution >= 0.6 is 0 Å². The highest BCUT2D eigenvalue weighted by Crippen LogP contribution is 2.55. The van der Waals surface area contributed by atoms with Gasteiger partial charge in [-0.3, -0.25) is 0 Å². The minimum Gasteiger partial charge on any atom is -0.492 e. The summed E-state index contributed by atoms with van der Waals surface area (Å²) in [6, 6.07) is 7.07. The van der Waals surface area contributed by atoms with Crippen molar-refractivity contribution in [2.45, 2.75) is 43.8 Å².